The molecule has 11 saturated carbocycles. The molecule has 0 aliphatic heterocycles. The molecule has 11 fully saturated rings. The Bertz CT molecular complexity index is 1310. The second kappa shape index (κ2) is 22.0. The van der Waals surface area contributed by atoms with Crippen molar-refractivity contribution in [2.24, 2.45) is 71.0 Å². The van der Waals surface area contributed by atoms with Gasteiger partial charge < -0.3 is 0 Å². The Labute approximate surface area is 396 Å². The fourth-order valence-electron chi connectivity index (χ4n) is 19.8. The van der Waals surface area contributed by atoms with Gasteiger partial charge in [-0.15, -0.1) is 0 Å². The van der Waals surface area contributed by atoms with Crippen LogP contribution in [0.2, 0.25) is 0 Å². The highest BCUT2D eigenvalue weighted by atomic mass is 15.3. The standard InChI is InChI=1S/C62H102N2/c1-5-17-45(18-6-1)29-31-47-33-37-55(38-34-47)63(53-25-9-3-10-26-53)61-57-41-49-21-13-15-23-51(49)43-59(57)62(60-44-52-24-16-14-22-50(52)42-58(60)61)64(54-27-11-4-12-28-54)56-39-35-48(36-40-56)32-30-46-19-7-2-8-20-46/h29-32,45-62H,1-28,33-44H2. The summed E-state index contributed by atoms with van der Waals surface area (Å²) in [5.41, 5.74) is 0. The Hall–Kier alpha value is -0.600. The lowest BCUT2D eigenvalue weighted by molar-refractivity contribution is -0.173. The topological polar surface area (TPSA) is 6.48 Å². The molecule has 0 spiro atoms. The molecule has 0 aromatic rings. The van der Waals surface area contributed by atoms with Crippen LogP contribution in [0.25, 0.3) is 0 Å². The SMILES string of the molecule is C(=CC1CCC(N(C2CCCCC2)C2C3CC4CCCCC4CC3C(N(C3CCCCC3)C3CCC(C=CC4CCCCC4)CC3)C3CC4CCCCC4CC32)CC1)C1CCCCC1. The van der Waals surface area contributed by atoms with Crippen LogP contribution in [0.4, 0.5) is 0 Å². The Balaban J connectivity index is 0.930. The van der Waals surface area contributed by atoms with Gasteiger partial charge >= 0.3 is 0 Å². The van der Waals surface area contributed by atoms with E-state index in [1.54, 1.807) is 77.0 Å². The maximum Gasteiger partial charge on any atom is 0.0164 e. The summed E-state index contributed by atoms with van der Waals surface area (Å²) in [6.07, 6.45) is 72.0. The number of fused-ring (bicyclic) bond motifs is 4. The number of allylic oxidation sites excluding steroid dienone is 4. The van der Waals surface area contributed by atoms with E-state index < -0.39 is 0 Å². The molecule has 0 radical (unpaired) electrons. The van der Waals surface area contributed by atoms with Gasteiger partial charge in [0.25, 0.3) is 0 Å². The first-order chi connectivity index (χ1) is 31.7. The Morgan fingerprint density at radius 1 is 0.219 bits per heavy atom. The third kappa shape index (κ3) is 10.3. The van der Waals surface area contributed by atoms with Crippen LogP contribution >= 0.6 is 0 Å². The van der Waals surface area contributed by atoms with Crippen LogP contribution in [-0.4, -0.2) is 46.1 Å². The van der Waals surface area contributed by atoms with Gasteiger partial charge in [-0.05, 0) is 199 Å². The highest BCUT2D eigenvalue weighted by Crippen LogP contribution is 2.62. The summed E-state index contributed by atoms with van der Waals surface area (Å²) < 4.78 is 0. The number of rotatable bonds is 10. The average molecular weight is 876 g/mol. The fourth-order valence-corrected chi connectivity index (χ4v) is 19.8. The Morgan fingerprint density at radius 2 is 0.453 bits per heavy atom. The highest BCUT2D eigenvalue weighted by Gasteiger charge is 2.61. The van der Waals surface area contributed by atoms with Crippen molar-refractivity contribution in [2.75, 3.05) is 0 Å². The third-order valence-corrected chi connectivity index (χ3v) is 22.9. The molecule has 2 nitrogen and oxygen atoms in total. The van der Waals surface area contributed by atoms with E-state index in [0.717, 1.165) is 107 Å². The third-order valence-electron chi connectivity index (χ3n) is 22.9. The van der Waals surface area contributed by atoms with Gasteiger partial charge in [0.05, 0.1) is 0 Å². The lowest BCUT2D eigenvalue weighted by Gasteiger charge is -2.67. The molecule has 8 atom stereocenters. The predicted octanol–water partition coefficient (Wildman–Crippen LogP) is 17.1. The zero-order valence-corrected chi connectivity index (χ0v) is 41.9. The molecule has 2 heteroatoms. The summed E-state index contributed by atoms with van der Waals surface area (Å²) >= 11 is 0. The minimum Gasteiger partial charge on any atom is -0.294 e. The normalized spacial score (nSPS) is 43.8. The van der Waals surface area contributed by atoms with Crippen molar-refractivity contribution in [3.05, 3.63) is 24.3 Å². The van der Waals surface area contributed by atoms with Crippen LogP contribution in [0.15, 0.2) is 24.3 Å². The van der Waals surface area contributed by atoms with E-state index in [4.69, 9.17) is 0 Å². The Morgan fingerprint density at radius 3 is 0.750 bits per heavy atom. The molecule has 0 bridgehead atoms. The summed E-state index contributed by atoms with van der Waals surface area (Å²) in [5.74, 6) is 11.6. The van der Waals surface area contributed by atoms with Gasteiger partial charge in [-0.3, -0.25) is 9.80 Å². The molecule has 0 aromatic carbocycles. The summed E-state index contributed by atoms with van der Waals surface area (Å²) in [6, 6.07) is 5.29. The van der Waals surface area contributed by atoms with E-state index >= 15 is 0 Å². The molecule has 0 amide bonds. The lowest BCUT2D eigenvalue weighted by atomic mass is 9.47. The second-order valence-electron chi connectivity index (χ2n) is 26.4. The Kier molecular flexibility index (Phi) is 15.8. The van der Waals surface area contributed by atoms with Crippen molar-refractivity contribution < 1.29 is 0 Å². The minimum absolute atomic E-state index is 0.861. The number of hydrogen-bond acceptors (Lipinski definition) is 2. The van der Waals surface area contributed by atoms with Gasteiger partial charge in [-0.25, -0.2) is 0 Å². The minimum atomic E-state index is 0.861. The van der Waals surface area contributed by atoms with E-state index in [1.165, 1.54) is 180 Å². The molecule has 0 heterocycles. The first kappa shape index (κ1) is 45.8. The summed E-state index contributed by atoms with van der Waals surface area (Å²) in [5, 5.41) is 0. The zero-order valence-electron chi connectivity index (χ0n) is 41.9. The van der Waals surface area contributed by atoms with Crippen LogP contribution in [0.3, 0.4) is 0 Å². The quantitative estimate of drug-likeness (QED) is 0.202. The maximum atomic E-state index is 3.58. The molecule has 11 aliphatic rings. The highest BCUT2D eigenvalue weighted by molar-refractivity contribution is 5.14. The molecule has 0 aromatic heterocycles. The van der Waals surface area contributed by atoms with E-state index in [9.17, 15) is 0 Å². The predicted molar refractivity (Wildman–Crippen MR) is 271 cm³/mol. The monoisotopic (exact) mass is 875 g/mol. The maximum absolute atomic E-state index is 3.58. The van der Waals surface area contributed by atoms with Crippen molar-refractivity contribution in [3.8, 4) is 0 Å². The molecule has 360 valence electrons. The largest absolute Gasteiger partial charge is 0.294 e. The zero-order chi connectivity index (χ0) is 42.7. The van der Waals surface area contributed by atoms with Crippen molar-refractivity contribution in [1.82, 2.24) is 9.80 Å². The first-order valence-corrected chi connectivity index (χ1v) is 30.6. The van der Waals surface area contributed by atoms with E-state index in [2.05, 4.69) is 34.1 Å². The van der Waals surface area contributed by atoms with Gasteiger partial charge in [0.2, 0.25) is 0 Å². The summed E-state index contributed by atoms with van der Waals surface area (Å²) in [4.78, 5) is 7.15. The van der Waals surface area contributed by atoms with E-state index in [-0.39, 0.29) is 0 Å². The van der Waals surface area contributed by atoms with Crippen LogP contribution in [0.1, 0.15) is 257 Å². The van der Waals surface area contributed by atoms with Gasteiger partial charge in [-0.2, -0.15) is 0 Å². The van der Waals surface area contributed by atoms with Crippen molar-refractivity contribution in [2.45, 2.75) is 293 Å². The first-order valence-electron chi connectivity index (χ1n) is 30.6. The molecule has 0 saturated heterocycles. The molecule has 8 unspecified atom stereocenters. The van der Waals surface area contributed by atoms with Gasteiger partial charge in [0, 0.05) is 36.3 Å². The second-order valence-corrected chi connectivity index (χ2v) is 26.4. The van der Waals surface area contributed by atoms with Crippen molar-refractivity contribution in [1.29, 1.82) is 0 Å². The van der Waals surface area contributed by atoms with E-state index in [0.29, 0.717) is 0 Å². The van der Waals surface area contributed by atoms with Crippen LogP contribution in [0, 0.1) is 71.0 Å². The molecule has 11 rings (SSSR count). The van der Waals surface area contributed by atoms with E-state index in [1.807, 2.05) is 0 Å². The van der Waals surface area contributed by atoms with Crippen LogP contribution in [0.5, 0.6) is 0 Å². The summed E-state index contributed by atoms with van der Waals surface area (Å²) in [7, 11) is 0. The molecule has 0 N–H and O–H groups in total. The fraction of sp³-hybridized carbons (Fsp3) is 0.935. The molecule has 64 heavy (non-hydrogen) atoms. The number of hydrogen-bond donors (Lipinski definition) is 0. The van der Waals surface area contributed by atoms with Gasteiger partial charge in [0.1, 0.15) is 0 Å². The molecular weight excluding hydrogens is 773 g/mol. The van der Waals surface area contributed by atoms with Crippen LogP contribution in [-0.2, 0) is 0 Å². The number of nitrogens with zero attached hydrogens (tertiary/aromatic N) is 2. The van der Waals surface area contributed by atoms with Gasteiger partial charge in [-0.1, -0.05) is 153 Å². The molecule has 11 aliphatic carbocycles. The van der Waals surface area contributed by atoms with Crippen molar-refractivity contribution >= 4 is 0 Å². The van der Waals surface area contributed by atoms with Gasteiger partial charge in [0.15, 0.2) is 0 Å². The summed E-state index contributed by atoms with van der Waals surface area (Å²) in [6.45, 7) is 0. The average Bonchev–Trinajstić information content (AvgIpc) is 3.37. The molecular formula is C62H102N2. The van der Waals surface area contributed by atoms with Crippen molar-refractivity contribution in [3.63, 3.8) is 0 Å². The van der Waals surface area contributed by atoms with Crippen LogP contribution < -0.4 is 0 Å². The lowest BCUT2D eigenvalue weighted by Crippen LogP contribution is -2.70. The smallest absolute Gasteiger partial charge is 0.0164 e.